The molecule has 3 aromatic rings. The number of benzene rings is 2. The molecule has 6 nitrogen and oxygen atoms in total. The lowest BCUT2D eigenvalue weighted by Crippen LogP contribution is -2.27. The first kappa shape index (κ1) is 19.9. The molecule has 0 aliphatic heterocycles. The minimum absolute atomic E-state index is 0.0561. The van der Waals surface area contributed by atoms with Crippen LogP contribution in [0.25, 0.3) is 11.5 Å². The van der Waals surface area contributed by atoms with Gasteiger partial charge in [0.15, 0.2) is 0 Å². The molecule has 0 bridgehead atoms. The molecule has 1 heterocycles. The van der Waals surface area contributed by atoms with Gasteiger partial charge in [-0.15, -0.1) is 10.2 Å². The van der Waals surface area contributed by atoms with Crippen LogP contribution in [0.5, 0.6) is 5.75 Å². The average molecular weight is 398 g/mol. The number of amides is 1. The number of hydrogen-bond donors (Lipinski definition) is 1. The second kappa shape index (κ2) is 9.94. The molecular weight excluding hydrogens is 374 g/mol. The molecular formula is C21H23N3O3S. The Labute approximate surface area is 168 Å². The number of thioether (sulfide) groups is 1. The van der Waals surface area contributed by atoms with Crippen LogP contribution in [0, 0.1) is 6.92 Å². The summed E-state index contributed by atoms with van der Waals surface area (Å²) in [6, 6.07) is 15.6. The smallest absolute Gasteiger partial charge is 0.277 e. The van der Waals surface area contributed by atoms with E-state index in [4.69, 9.17) is 9.15 Å². The second-order valence-electron chi connectivity index (χ2n) is 6.15. The summed E-state index contributed by atoms with van der Waals surface area (Å²) in [6.07, 6.45) is 0.811. The number of aromatic nitrogens is 2. The first-order valence-electron chi connectivity index (χ1n) is 9.16. The number of carbonyl (C=O) groups excluding carboxylic acids is 1. The van der Waals surface area contributed by atoms with Crippen molar-refractivity contribution in [2.75, 3.05) is 18.9 Å². The topological polar surface area (TPSA) is 77.2 Å². The summed E-state index contributed by atoms with van der Waals surface area (Å²) in [4.78, 5) is 12.0. The zero-order valence-electron chi connectivity index (χ0n) is 16.0. The highest BCUT2D eigenvalue weighted by molar-refractivity contribution is 7.99. The van der Waals surface area contributed by atoms with Gasteiger partial charge in [0.2, 0.25) is 11.8 Å². The number of nitrogens with zero attached hydrogens (tertiary/aromatic N) is 2. The normalized spacial score (nSPS) is 10.6. The van der Waals surface area contributed by atoms with Crippen LogP contribution in [0.3, 0.4) is 0 Å². The Kier molecular flexibility index (Phi) is 7.08. The Bertz CT molecular complexity index is 909. The molecule has 0 aliphatic rings. The van der Waals surface area contributed by atoms with Gasteiger partial charge in [-0.25, -0.2) is 0 Å². The first-order chi connectivity index (χ1) is 13.7. The molecule has 2 aromatic carbocycles. The van der Waals surface area contributed by atoms with Gasteiger partial charge in [0.25, 0.3) is 5.22 Å². The van der Waals surface area contributed by atoms with E-state index in [0.717, 1.165) is 17.7 Å². The van der Waals surface area contributed by atoms with Crippen LogP contribution in [0.4, 0.5) is 0 Å². The molecule has 0 saturated carbocycles. The van der Waals surface area contributed by atoms with Crippen LogP contribution < -0.4 is 10.1 Å². The molecule has 7 heteroatoms. The molecule has 0 atom stereocenters. The molecule has 1 amide bonds. The van der Waals surface area contributed by atoms with Crippen LogP contribution >= 0.6 is 11.8 Å². The van der Waals surface area contributed by atoms with Gasteiger partial charge in [-0.1, -0.05) is 36.0 Å². The lowest BCUT2D eigenvalue weighted by molar-refractivity contribution is -0.118. The highest BCUT2D eigenvalue weighted by atomic mass is 32.2. The van der Waals surface area contributed by atoms with Crippen molar-refractivity contribution < 1.29 is 13.9 Å². The maximum absolute atomic E-state index is 12.0. The molecule has 3 rings (SSSR count). The van der Waals surface area contributed by atoms with Gasteiger partial charge in [0.05, 0.1) is 12.4 Å². The van der Waals surface area contributed by atoms with E-state index in [9.17, 15) is 4.79 Å². The average Bonchev–Trinajstić information content (AvgIpc) is 3.18. The van der Waals surface area contributed by atoms with Crippen LogP contribution in [-0.4, -0.2) is 35.0 Å². The van der Waals surface area contributed by atoms with Crippen molar-refractivity contribution in [2.24, 2.45) is 0 Å². The zero-order chi connectivity index (χ0) is 19.8. The number of hydrogen-bond acceptors (Lipinski definition) is 6. The molecule has 0 fully saturated rings. The fourth-order valence-electron chi connectivity index (χ4n) is 2.65. The van der Waals surface area contributed by atoms with Crippen molar-refractivity contribution in [3.05, 3.63) is 59.7 Å². The summed E-state index contributed by atoms with van der Waals surface area (Å²) in [5, 5.41) is 11.3. The lowest BCUT2D eigenvalue weighted by atomic mass is 10.1. The van der Waals surface area contributed by atoms with Gasteiger partial charge in [-0.2, -0.15) is 0 Å². The number of aryl methyl sites for hydroxylation is 1. The molecule has 1 N–H and O–H groups in total. The van der Waals surface area contributed by atoms with Gasteiger partial charge in [0.1, 0.15) is 5.75 Å². The Morgan fingerprint density at radius 1 is 1.14 bits per heavy atom. The van der Waals surface area contributed by atoms with Crippen molar-refractivity contribution in [1.29, 1.82) is 0 Å². The third-order valence-corrected chi connectivity index (χ3v) is 4.94. The van der Waals surface area contributed by atoms with Crippen molar-refractivity contribution in [1.82, 2.24) is 15.5 Å². The van der Waals surface area contributed by atoms with E-state index >= 15 is 0 Å². The summed E-state index contributed by atoms with van der Waals surface area (Å²) in [5.74, 6) is 1.39. The molecule has 0 spiro atoms. The van der Waals surface area contributed by atoms with E-state index in [1.54, 1.807) is 0 Å². The van der Waals surface area contributed by atoms with Crippen molar-refractivity contribution in [3.8, 4) is 17.2 Å². The quantitative estimate of drug-likeness (QED) is 0.552. The fourth-order valence-corrected chi connectivity index (χ4v) is 3.24. The Morgan fingerprint density at radius 2 is 1.93 bits per heavy atom. The summed E-state index contributed by atoms with van der Waals surface area (Å²) in [6.45, 7) is 5.23. The van der Waals surface area contributed by atoms with E-state index in [1.165, 1.54) is 22.9 Å². The van der Waals surface area contributed by atoms with E-state index in [2.05, 4.69) is 34.6 Å². The van der Waals surface area contributed by atoms with E-state index in [0.29, 0.717) is 24.3 Å². The lowest BCUT2D eigenvalue weighted by Gasteiger charge is -2.06. The largest absolute Gasteiger partial charge is 0.494 e. The molecule has 0 aliphatic carbocycles. The molecule has 0 saturated heterocycles. The summed E-state index contributed by atoms with van der Waals surface area (Å²) in [7, 11) is 0. The standard InChI is InChI=1S/C21H23N3O3S/c1-3-26-18-10-8-17(9-11-18)20-23-24-21(27-20)28-14-19(25)22-13-12-16-7-5-4-6-15(16)2/h4-11H,3,12-14H2,1-2H3,(H,22,25). The van der Waals surface area contributed by atoms with Gasteiger partial charge in [-0.05, 0) is 55.7 Å². The van der Waals surface area contributed by atoms with E-state index in [1.807, 2.05) is 43.3 Å². The SMILES string of the molecule is CCOc1ccc(-c2nnc(SCC(=O)NCCc3ccccc3C)o2)cc1. The summed E-state index contributed by atoms with van der Waals surface area (Å²) < 4.78 is 11.0. The minimum atomic E-state index is -0.0561. The monoisotopic (exact) mass is 397 g/mol. The Hall–Kier alpha value is -2.80. The van der Waals surface area contributed by atoms with Gasteiger partial charge in [-0.3, -0.25) is 4.79 Å². The van der Waals surface area contributed by atoms with Gasteiger partial charge in [0, 0.05) is 12.1 Å². The maximum atomic E-state index is 12.0. The summed E-state index contributed by atoms with van der Waals surface area (Å²) in [5.41, 5.74) is 3.29. The highest BCUT2D eigenvalue weighted by Gasteiger charge is 2.11. The maximum Gasteiger partial charge on any atom is 0.277 e. The first-order valence-corrected chi connectivity index (χ1v) is 10.1. The third kappa shape index (κ3) is 5.60. The molecule has 0 unspecified atom stereocenters. The summed E-state index contributed by atoms with van der Waals surface area (Å²) >= 11 is 1.23. The Balaban J connectivity index is 1.44. The molecule has 0 radical (unpaired) electrons. The molecule has 146 valence electrons. The minimum Gasteiger partial charge on any atom is -0.494 e. The van der Waals surface area contributed by atoms with Crippen LogP contribution in [-0.2, 0) is 11.2 Å². The predicted octanol–water partition coefficient (Wildman–Crippen LogP) is 3.89. The van der Waals surface area contributed by atoms with Crippen molar-refractivity contribution >= 4 is 17.7 Å². The van der Waals surface area contributed by atoms with E-state index in [-0.39, 0.29) is 11.7 Å². The van der Waals surface area contributed by atoms with Gasteiger partial charge < -0.3 is 14.5 Å². The van der Waals surface area contributed by atoms with Crippen LogP contribution in [0.2, 0.25) is 0 Å². The van der Waals surface area contributed by atoms with Gasteiger partial charge >= 0.3 is 0 Å². The Morgan fingerprint density at radius 3 is 2.68 bits per heavy atom. The number of nitrogens with one attached hydrogen (secondary N) is 1. The molecule has 1 aromatic heterocycles. The van der Waals surface area contributed by atoms with Crippen LogP contribution in [0.1, 0.15) is 18.1 Å². The third-order valence-electron chi connectivity index (χ3n) is 4.12. The second-order valence-corrected chi connectivity index (χ2v) is 7.07. The highest BCUT2D eigenvalue weighted by Crippen LogP contribution is 2.24. The molecule has 28 heavy (non-hydrogen) atoms. The fraction of sp³-hybridized carbons (Fsp3) is 0.286. The van der Waals surface area contributed by atoms with E-state index < -0.39 is 0 Å². The zero-order valence-corrected chi connectivity index (χ0v) is 16.8. The van der Waals surface area contributed by atoms with Crippen molar-refractivity contribution in [3.63, 3.8) is 0 Å². The van der Waals surface area contributed by atoms with Crippen LogP contribution in [0.15, 0.2) is 58.2 Å². The number of rotatable bonds is 9. The predicted molar refractivity (Wildman–Crippen MR) is 110 cm³/mol. The number of carbonyl (C=O) groups is 1. The van der Waals surface area contributed by atoms with Crippen molar-refractivity contribution in [2.45, 2.75) is 25.5 Å². The number of ether oxygens (including phenoxy) is 1.